The molecule has 3 aromatic carbocycles. The first kappa shape index (κ1) is 22.0. The summed E-state index contributed by atoms with van der Waals surface area (Å²) in [6.45, 7) is 12.8. The first-order chi connectivity index (χ1) is 14.0. The van der Waals surface area contributed by atoms with Crippen molar-refractivity contribution in [3.8, 4) is 11.1 Å². The third kappa shape index (κ3) is 4.87. The molecule has 0 bridgehead atoms. The molecular formula is C28H30F2. The lowest BCUT2D eigenvalue weighted by atomic mass is 9.86. The van der Waals surface area contributed by atoms with Gasteiger partial charge in [0, 0.05) is 11.1 Å². The highest BCUT2D eigenvalue weighted by molar-refractivity contribution is 5.83. The van der Waals surface area contributed by atoms with E-state index in [0.29, 0.717) is 0 Å². The Kier molecular flexibility index (Phi) is 5.99. The predicted molar refractivity (Wildman–Crippen MR) is 125 cm³/mol. The van der Waals surface area contributed by atoms with Crippen molar-refractivity contribution >= 4 is 11.7 Å². The molecule has 156 valence electrons. The van der Waals surface area contributed by atoms with Crippen molar-refractivity contribution in [2.75, 3.05) is 0 Å². The lowest BCUT2D eigenvalue weighted by Gasteiger charge is -2.19. The van der Waals surface area contributed by atoms with Crippen molar-refractivity contribution in [3.05, 3.63) is 95.1 Å². The zero-order valence-corrected chi connectivity index (χ0v) is 18.7. The lowest BCUT2D eigenvalue weighted by Crippen LogP contribution is -2.10. The average Bonchev–Trinajstić information content (AvgIpc) is 2.72. The van der Waals surface area contributed by atoms with E-state index in [1.807, 2.05) is 24.3 Å². The molecular weight excluding hydrogens is 374 g/mol. The van der Waals surface area contributed by atoms with E-state index in [0.717, 1.165) is 16.7 Å². The molecule has 2 heteroatoms. The molecule has 0 nitrogen and oxygen atoms in total. The van der Waals surface area contributed by atoms with E-state index in [1.54, 1.807) is 24.3 Å². The van der Waals surface area contributed by atoms with Crippen LogP contribution in [-0.4, -0.2) is 0 Å². The van der Waals surface area contributed by atoms with Gasteiger partial charge in [0.2, 0.25) is 0 Å². The SMILES string of the molecule is CC(C)(C)c1ccc(/C(F)=C(\F)c2ccc(-c3ccc(C(C)(C)C)cc3)cc2)cc1. The largest absolute Gasteiger partial charge is 0.203 e. The lowest BCUT2D eigenvalue weighted by molar-refractivity contribution is 0.590. The Morgan fingerprint density at radius 1 is 0.467 bits per heavy atom. The van der Waals surface area contributed by atoms with E-state index in [2.05, 4.69) is 65.8 Å². The fourth-order valence-corrected chi connectivity index (χ4v) is 3.34. The van der Waals surface area contributed by atoms with Gasteiger partial charge in [-0.25, -0.2) is 8.78 Å². The van der Waals surface area contributed by atoms with Crippen molar-refractivity contribution < 1.29 is 8.78 Å². The van der Waals surface area contributed by atoms with Crippen molar-refractivity contribution in [1.82, 2.24) is 0 Å². The molecule has 0 unspecified atom stereocenters. The first-order valence-corrected chi connectivity index (χ1v) is 10.3. The summed E-state index contributed by atoms with van der Waals surface area (Å²) in [5.74, 6) is -1.68. The first-order valence-electron chi connectivity index (χ1n) is 10.3. The highest BCUT2D eigenvalue weighted by atomic mass is 19.2. The molecule has 0 aliphatic rings. The maximum atomic E-state index is 14.8. The standard InChI is InChI=1S/C28H30F2/c1-27(2,3)23-15-11-20(12-16-23)19-7-9-21(10-8-19)25(29)26(30)22-13-17-24(18-14-22)28(4,5)6/h7-18H,1-6H3/b26-25+. The molecule has 3 aromatic rings. The molecule has 0 radical (unpaired) electrons. The molecule has 0 aliphatic heterocycles. The fourth-order valence-electron chi connectivity index (χ4n) is 3.34. The van der Waals surface area contributed by atoms with Gasteiger partial charge in [0.15, 0.2) is 11.7 Å². The van der Waals surface area contributed by atoms with Crippen LogP contribution < -0.4 is 0 Å². The fraction of sp³-hybridized carbons (Fsp3) is 0.286. The van der Waals surface area contributed by atoms with Gasteiger partial charge in [-0.3, -0.25) is 0 Å². The number of benzene rings is 3. The van der Waals surface area contributed by atoms with E-state index >= 15 is 0 Å². The van der Waals surface area contributed by atoms with Gasteiger partial charge in [0.25, 0.3) is 0 Å². The molecule has 0 heterocycles. The topological polar surface area (TPSA) is 0 Å². The molecule has 0 fully saturated rings. The van der Waals surface area contributed by atoms with E-state index in [4.69, 9.17) is 0 Å². The zero-order valence-electron chi connectivity index (χ0n) is 18.7. The summed E-state index contributed by atoms with van der Waals surface area (Å²) in [4.78, 5) is 0. The van der Waals surface area contributed by atoms with E-state index in [-0.39, 0.29) is 22.0 Å². The van der Waals surface area contributed by atoms with Crippen LogP contribution in [0.4, 0.5) is 8.78 Å². The minimum Gasteiger partial charge on any atom is -0.203 e. The monoisotopic (exact) mass is 404 g/mol. The highest BCUT2D eigenvalue weighted by Gasteiger charge is 2.16. The van der Waals surface area contributed by atoms with Gasteiger partial charge in [-0.05, 0) is 33.1 Å². The van der Waals surface area contributed by atoms with E-state index in [9.17, 15) is 8.78 Å². The smallest absolute Gasteiger partial charge is 0.166 e. The molecule has 0 amide bonds. The summed E-state index contributed by atoms with van der Waals surface area (Å²) in [5, 5.41) is 0. The van der Waals surface area contributed by atoms with Crippen LogP contribution in [0.3, 0.4) is 0 Å². The molecule has 0 spiro atoms. The maximum absolute atomic E-state index is 14.8. The highest BCUT2D eigenvalue weighted by Crippen LogP contribution is 2.32. The Labute approximate surface area is 179 Å². The molecule has 30 heavy (non-hydrogen) atoms. The van der Waals surface area contributed by atoms with Crippen LogP contribution >= 0.6 is 0 Å². The minimum absolute atomic E-state index is 0.0296. The van der Waals surface area contributed by atoms with Gasteiger partial charge in [-0.2, -0.15) is 0 Å². The number of rotatable bonds is 3. The quantitative estimate of drug-likeness (QED) is 0.383. The van der Waals surface area contributed by atoms with Gasteiger partial charge in [-0.15, -0.1) is 0 Å². The average molecular weight is 405 g/mol. The second kappa shape index (κ2) is 8.18. The summed E-state index contributed by atoms with van der Waals surface area (Å²) < 4.78 is 29.5. The van der Waals surface area contributed by atoms with Crippen LogP contribution in [0, 0.1) is 0 Å². The molecule has 0 saturated heterocycles. The number of hydrogen-bond donors (Lipinski definition) is 0. The molecule has 0 saturated carbocycles. The molecule has 0 atom stereocenters. The van der Waals surface area contributed by atoms with Crippen molar-refractivity contribution in [2.24, 2.45) is 0 Å². The summed E-state index contributed by atoms with van der Waals surface area (Å²) in [6.07, 6.45) is 0. The minimum atomic E-state index is -0.840. The molecule has 0 N–H and O–H groups in total. The Balaban J connectivity index is 1.84. The van der Waals surface area contributed by atoms with Crippen LogP contribution in [0.1, 0.15) is 63.8 Å². The zero-order chi connectivity index (χ0) is 22.1. The second-order valence-electron chi connectivity index (χ2n) is 9.86. The van der Waals surface area contributed by atoms with E-state index in [1.165, 1.54) is 5.56 Å². The third-order valence-electron chi connectivity index (χ3n) is 5.42. The molecule has 0 aromatic heterocycles. The van der Waals surface area contributed by atoms with Crippen LogP contribution in [0.25, 0.3) is 22.8 Å². The Hall–Kier alpha value is -2.74. The van der Waals surface area contributed by atoms with E-state index < -0.39 is 11.7 Å². The normalized spacial score (nSPS) is 13.2. The number of hydrogen-bond acceptors (Lipinski definition) is 0. The molecule has 0 aliphatic carbocycles. The Bertz CT molecular complexity index is 1020. The summed E-state index contributed by atoms with van der Waals surface area (Å²) in [7, 11) is 0. The number of halogens is 2. The summed E-state index contributed by atoms with van der Waals surface area (Å²) in [5.41, 5.74) is 4.93. The van der Waals surface area contributed by atoms with Gasteiger partial charge >= 0.3 is 0 Å². The van der Waals surface area contributed by atoms with Gasteiger partial charge in [-0.1, -0.05) is 114 Å². The van der Waals surface area contributed by atoms with Crippen LogP contribution in [0.2, 0.25) is 0 Å². The van der Waals surface area contributed by atoms with Crippen LogP contribution in [0.5, 0.6) is 0 Å². The van der Waals surface area contributed by atoms with Crippen LogP contribution in [0.15, 0.2) is 72.8 Å². The third-order valence-corrected chi connectivity index (χ3v) is 5.42. The Morgan fingerprint density at radius 2 is 0.733 bits per heavy atom. The summed E-state index contributed by atoms with van der Waals surface area (Å²) >= 11 is 0. The van der Waals surface area contributed by atoms with Crippen LogP contribution in [-0.2, 0) is 10.8 Å². The van der Waals surface area contributed by atoms with Crippen molar-refractivity contribution in [3.63, 3.8) is 0 Å². The summed E-state index contributed by atoms with van der Waals surface area (Å²) in [6, 6.07) is 22.3. The van der Waals surface area contributed by atoms with Gasteiger partial charge < -0.3 is 0 Å². The second-order valence-corrected chi connectivity index (χ2v) is 9.86. The maximum Gasteiger partial charge on any atom is 0.166 e. The van der Waals surface area contributed by atoms with Gasteiger partial charge in [0.05, 0.1) is 0 Å². The van der Waals surface area contributed by atoms with Crippen molar-refractivity contribution in [2.45, 2.75) is 52.4 Å². The van der Waals surface area contributed by atoms with Gasteiger partial charge in [0.1, 0.15) is 0 Å². The van der Waals surface area contributed by atoms with Crippen molar-refractivity contribution in [1.29, 1.82) is 0 Å². The predicted octanol–water partition coefficient (Wildman–Crippen LogP) is 8.71. The molecule has 3 rings (SSSR count). The Morgan fingerprint density at radius 3 is 1.07 bits per heavy atom.